The fourth-order valence-corrected chi connectivity index (χ4v) is 4.52. The Morgan fingerprint density at radius 1 is 1.06 bits per heavy atom. The number of carbonyl (C=O) groups is 2. The molecule has 32 heavy (non-hydrogen) atoms. The van der Waals surface area contributed by atoms with Gasteiger partial charge in [-0.15, -0.1) is 11.8 Å². The summed E-state index contributed by atoms with van der Waals surface area (Å²) in [6.45, 7) is 7.01. The number of hydrogen-bond acceptors (Lipinski definition) is 6. The average molecular weight is 478 g/mol. The number of halogens is 1. The molecule has 6 nitrogen and oxygen atoms in total. The monoisotopic (exact) mass is 477 g/mol. The van der Waals surface area contributed by atoms with Crippen molar-refractivity contribution in [2.75, 3.05) is 18.8 Å². The van der Waals surface area contributed by atoms with E-state index in [9.17, 15) is 9.59 Å². The van der Waals surface area contributed by atoms with Gasteiger partial charge in [0.25, 0.3) is 6.47 Å². The van der Waals surface area contributed by atoms with E-state index in [0.717, 1.165) is 10.6 Å². The highest BCUT2D eigenvalue weighted by molar-refractivity contribution is 7.99. The van der Waals surface area contributed by atoms with Crippen LogP contribution < -0.4 is 4.74 Å². The van der Waals surface area contributed by atoms with Crippen molar-refractivity contribution in [3.05, 3.63) is 53.6 Å². The summed E-state index contributed by atoms with van der Waals surface area (Å²) in [5, 5.41) is 0.660. The molecule has 0 saturated carbocycles. The molecule has 0 aromatic heterocycles. The van der Waals surface area contributed by atoms with Gasteiger partial charge in [-0.1, -0.05) is 11.6 Å². The van der Waals surface area contributed by atoms with Crippen molar-refractivity contribution in [1.29, 1.82) is 0 Å². The largest absolute Gasteiger partial charge is 0.460 e. The van der Waals surface area contributed by atoms with E-state index in [1.807, 2.05) is 57.2 Å². The summed E-state index contributed by atoms with van der Waals surface area (Å²) in [6, 6.07) is 14.9. The molecule has 1 saturated heterocycles. The second-order valence-corrected chi connectivity index (χ2v) is 10.2. The van der Waals surface area contributed by atoms with Gasteiger partial charge in [0.2, 0.25) is 0 Å². The Labute approximate surface area is 198 Å². The molecule has 0 unspecified atom stereocenters. The molecule has 172 valence electrons. The van der Waals surface area contributed by atoms with Crippen molar-refractivity contribution in [3.8, 4) is 11.5 Å². The van der Waals surface area contributed by atoms with Gasteiger partial charge in [-0.25, -0.2) is 4.79 Å². The van der Waals surface area contributed by atoms with Gasteiger partial charge >= 0.3 is 6.09 Å². The van der Waals surface area contributed by atoms with Crippen LogP contribution >= 0.6 is 23.4 Å². The van der Waals surface area contributed by atoms with Crippen molar-refractivity contribution in [2.45, 2.75) is 49.7 Å². The van der Waals surface area contributed by atoms with Gasteiger partial charge in [-0.3, -0.25) is 4.79 Å². The first-order valence-electron chi connectivity index (χ1n) is 10.4. The molecular weight excluding hydrogens is 450 g/mol. The first kappa shape index (κ1) is 24.3. The van der Waals surface area contributed by atoms with Crippen molar-refractivity contribution in [3.63, 3.8) is 0 Å². The molecule has 1 fully saturated rings. The van der Waals surface area contributed by atoms with Crippen LogP contribution in [0.2, 0.25) is 5.02 Å². The lowest BCUT2D eigenvalue weighted by atomic mass is 9.93. The fourth-order valence-electron chi connectivity index (χ4n) is 3.28. The summed E-state index contributed by atoms with van der Waals surface area (Å²) in [5.74, 6) is 2.04. The van der Waals surface area contributed by atoms with Crippen LogP contribution in [0.1, 0.15) is 33.6 Å². The molecule has 0 radical (unpaired) electrons. The van der Waals surface area contributed by atoms with Crippen molar-refractivity contribution in [2.24, 2.45) is 0 Å². The highest BCUT2D eigenvalue weighted by atomic mass is 35.5. The zero-order chi connectivity index (χ0) is 23.2. The first-order chi connectivity index (χ1) is 15.2. The van der Waals surface area contributed by atoms with E-state index >= 15 is 0 Å². The van der Waals surface area contributed by atoms with E-state index in [0.29, 0.717) is 48.9 Å². The molecule has 1 amide bonds. The number of hydrogen-bond donors (Lipinski definition) is 0. The summed E-state index contributed by atoms with van der Waals surface area (Å²) in [5.41, 5.74) is -1.15. The Morgan fingerprint density at radius 3 is 2.16 bits per heavy atom. The molecule has 0 N–H and O–H groups in total. The summed E-state index contributed by atoms with van der Waals surface area (Å²) in [4.78, 5) is 26.2. The van der Waals surface area contributed by atoms with Crippen LogP contribution in [-0.2, 0) is 14.3 Å². The quantitative estimate of drug-likeness (QED) is 0.351. The zero-order valence-electron chi connectivity index (χ0n) is 18.5. The van der Waals surface area contributed by atoms with Crippen LogP contribution in [0, 0.1) is 0 Å². The zero-order valence-corrected chi connectivity index (χ0v) is 20.1. The number of amides is 1. The molecule has 0 bridgehead atoms. The third-order valence-electron chi connectivity index (χ3n) is 5.00. The Bertz CT molecular complexity index is 903. The number of benzene rings is 2. The van der Waals surface area contributed by atoms with E-state index in [1.165, 1.54) is 0 Å². The third kappa shape index (κ3) is 7.07. The average Bonchev–Trinajstić information content (AvgIpc) is 2.74. The molecule has 1 heterocycles. The summed E-state index contributed by atoms with van der Waals surface area (Å²) in [7, 11) is 0. The number of carbonyl (C=O) groups excluding carboxylic acids is 2. The van der Waals surface area contributed by atoms with Crippen molar-refractivity contribution in [1.82, 2.24) is 4.90 Å². The van der Waals surface area contributed by atoms with E-state index in [4.69, 9.17) is 25.8 Å². The summed E-state index contributed by atoms with van der Waals surface area (Å²) >= 11 is 7.51. The van der Waals surface area contributed by atoms with Gasteiger partial charge in [0, 0.05) is 41.6 Å². The molecule has 3 rings (SSSR count). The molecule has 1 aliphatic heterocycles. The van der Waals surface area contributed by atoms with Gasteiger partial charge in [0.05, 0.1) is 0 Å². The standard InChI is InChI=1S/C24H28ClNO5S/c1-23(2,3)31-22(28)26-14-12-24(13-15-26,29-17-27)16-32-21-10-8-20(9-11-21)30-19-6-4-18(25)5-7-19/h4-11,17H,12-16H2,1-3H3. The van der Waals surface area contributed by atoms with E-state index in [1.54, 1.807) is 28.8 Å². The highest BCUT2D eigenvalue weighted by Gasteiger charge is 2.38. The Balaban J connectivity index is 1.55. The SMILES string of the molecule is CC(C)(C)OC(=O)N1CCC(CSc2ccc(Oc3ccc(Cl)cc3)cc2)(OC=O)CC1. The Kier molecular flexibility index (Phi) is 7.96. The van der Waals surface area contributed by atoms with Gasteiger partial charge in [-0.05, 0) is 69.3 Å². The molecule has 2 aromatic carbocycles. The molecule has 2 aromatic rings. The number of thioether (sulfide) groups is 1. The van der Waals surface area contributed by atoms with Crippen LogP contribution in [0.25, 0.3) is 0 Å². The molecule has 1 aliphatic rings. The van der Waals surface area contributed by atoms with E-state index in [-0.39, 0.29) is 6.09 Å². The maximum atomic E-state index is 12.3. The number of rotatable bonds is 7. The molecule has 8 heteroatoms. The van der Waals surface area contributed by atoms with Crippen LogP contribution in [-0.4, -0.2) is 47.5 Å². The fraction of sp³-hybridized carbons (Fsp3) is 0.417. The lowest BCUT2D eigenvalue weighted by Gasteiger charge is -2.40. The summed E-state index contributed by atoms with van der Waals surface area (Å²) < 4.78 is 16.8. The Morgan fingerprint density at radius 2 is 1.62 bits per heavy atom. The molecule has 0 aliphatic carbocycles. The lowest BCUT2D eigenvalue weighted by Crippen LogP contribution is -2.50. The lowest BCUT2D eigenvalue weighted by molar-refractivity contribution is -0.145. The number of nitrogens with zero attached hydrogens (tertiary/aromatic N) is 1. The van der Waals surface area contributed by atoms with Gasteiger partial charge in [0.1, 0.15) is 22.7 Å². The third-order valence-corrected chi connectivity index (χ3v) is 6.53. The number of likely N-dealkylation sites (tertiary alicyclic amines) is 1. The van der Waals surface area contributed by atoms with Crippen molar-refractivity contribution >= 4 is 35.9 Å². The predicted octanol–water partition coefficient (Wildman–Crippen LogP) is 6.17. The van der Waals surface area contributed by atoms with E-state index in [2.05, 4.69) is 0 Å². The topological polar surface area (TPSA) is 65.1 Å². The maximum Gasteiger partial charge on any atom is 0.410 e. The number of ether oxygens (including phenoxy) is 3. The smallest absolute Gasteiger partial charge is 0.410 e. The maximum absolute atomic E-state index is 12.3. The number of piperidine rings is 1. The van der Waals surface area contributed by atoms with Crippen LogP contribution in [0.3, 0.4) is 0 Å². The minimum Gasteiger partial charge on any atom is -0.460 e. The van der Waals surface area contributed by atoms with Gasteiger partial charge in [0.15, 0.2) is 0 Å². The van der Waals surface area contributed by atoms with Gasteiger partial charge in [-0.2, -0.15) is 0 Å². The van der Waals surface area contributed by atoms with Crippen LogP contribution in [0.5, 0.6) is 11.5 Å². The molecule has 0 atom stereocenters. The highest BCUT2D eigenvalue weighted by Crippen LogP contribution is 2.34. The Hall–Kier alpha value is -2.38. The van der Waals surface area contributed by atoms with Gasteiger partial charge < -0.3 is 19.1 Å². The first-order valence-corrected chi connectivity index (χ1v) is 11.8. The van der Waals surface area contributed by atoms with Crippen molar-refractivity contribution < 1.29 is 23.8 Å². The summed E-state index contributed by atoms with van der Waals surface area (Å²) in [6.07, 6.45) is 0.798. The van der Waals surface area contributed by atoms with Crippen LogP contribution in [0.4, 0.5) is 4.79 Å². The molecule has 0 spiro atoms. The minimum absolute atomic E-state index is 0.332. The second-order valence-electron chi connectivity index (χ2n) is 8.68. The normalized spacial score (nSPS) is 15.7. The predicted molar refractivity (Wildman–Crippen MR) is 126 cm³/mol. The van der Waals surface area contributed by atoms with E-state index < -0.39 is 11.2 Å². The minimum atomic E-state index is -0.608. The van der Waals surface area contributed by atoms with Crippen LogP contribution in [0.15, 0.2) is 53.4 Å². The molecular formula is C24H28ClNO5S. The second kappa shape index (κ2) is 10.5.